The lowest BCUT2D eigenvalue weighted by Crippen LogP contribution is -2.43. The Kier molecular flexibility index (Phi) is 2.23. The van der Waals surface area contributed by atoms with Gasteiger partial charge in [-0.05, 0) is 30.2 Å². The van der Waals surface area contributed by atoms with Crippen LogP contribution in [0.4, 0.5) is 0 Å². The number of hydrogen-bond donors (Lipinski definition) is 1. The van der Waals surface area contributed by atoms with Crippen molar-refractivity contribution in [2.24, 2.45) is 5.41 Å². The normalized spacial score (nSPS) is 26.5. The van der Waals surface area contributed by atoms with Crippen LogP contribution in [-0.2, 0) is 11.2 Å². The van der Waals surface area contributed by atoms with E-state index in [9.17, 15) is 4.79 Å². The van der Waals surface area contributed by atoms with Crippen LogP contribution in [0.25, 0.3) is 0 Å². The summed E-state index contributed by atoms with van der Waals surface area (Å²) in [7, 11) is 0. The number of carbonyl (C=O) groups excluding carboxylic acids is 1. The van der Waals surface area contributed by atoms with Crippen molar-refractivity contribution >= 4 is 5.91 Å². The number of nitrogens with one attached hydrogen (secondary N) is 1. The molecule has 1 spiro atoms. The first-order valence-electron chi connectivity index (χ1n) is 6.12. The first kappa shape index (κ1) is 9.88. The highest BCUT2D eigenvalue weighted by atomic mass is 16.2. The highest BCUT2D eigenvalue weighted by Crippen LogP contribution is 2.50. The maximum absolute atomic E-state index is 11.5. The Bertz CT molecular complexity index is 394. The topological polar surface area (TPSA) is 29.1 Å². The number of rotatable bonds is 2. The van der Waals surface area contributed by atoms with E-state index in [1.807, 2.05) is 6.07 Å². The van der Waals surface area contributed by atoms with E-state index in [-0.39, 0.29) is 5.91 Å². The summed E-state index contributed by atoms with van der Waals surface area (Å²) in [5, 5.41) is 3.16. The molecule has 1 aliphatic heterocycles. The molecule has 84 valence electrons. The quantitative estimate of drug-likeness (QED) is 0.805. The third-order valence-electron chi connectivity index (χ3n) is 4.22. The van der Waals surface area contributed by atoms with Crippen molar-refractivity contribution in [2.45, 2.75) is 38.1 Å². The van der Waals surface area contributed by atoms with E-state index in [1.54, 1.807) is 0 Å². The standard InChI is InChI=1S/C14H17NO/c16-13-10-14(7-4-8-14)12(15-13)9-11-5-2-1-3-6-11/h1-3,5-6,12H,4,7-10H2,(H,15,16). The molecule has 2 heteroatoms. The summed E-state index contributed by atoms with van der Waals surface area (Å²) in [5.41, 5.74) is 1.63. The van der Waals surface area contributed by atoms with Gasteiger partial charge in [0.2, 0.25) is 5.91 Å². The predicted octanol–water partition coefficient (Wildman–Crippen LogP) is 2.29. The van der Waals surface area contributed by atoms with Gasteiger partial charge in [-0.15, -0.1) is 0 Å². The van der Waals surface area contributed by atoms with Crippen LogP contribution in [0.2, 0.25) is 0 Å². The van der Waals surface area contributed by atoms with E-state index < -0.39 is 0 Å². The van der Waals surface area contributed by atoms with Crippen molar-refractivity contribution < 1.29 is 4.79 Å². The molecule has 1 amide bonds. The van der Waals surface area contributed by atoms with E-state index >= 15 is 0 Å². The molecule has 1 N–H and O–H groups in total. The van der Waals surface area contributed by atoms with Crippen LogP contribution in [0, 0.1) is 5.41 Å². The van der Waals surface area contributed by atoms with E-state index in [0.29, 0.717) is 11.5 Å². The van der Waals surface area contributed by atoms with Crippen molar-refractivity contribution in [1.82, 2.24) is 5.32 Å². The molecule has 1 atom stereocenters. The third-order valence-corrected chi connectivity index (χ3v) is 4.22. The molecular formula is C14H17NO. The zero-order valence-electron chi connectivity index (χ0n) is 9.41. The lowest BCUT2D eigenvalue weighted by Gasteiger charge is -2.42. The molecule has 1 heterocycles. The average Bonchev–Trinajstić information content (AvgIpc) is 2.56. The van der Waals surface area contributed by atoms with Gasteiger partial charge in [0.15, 0.2) is 0 Å². The van der Waals surface area contributed by atoms with E-state index in [0.717, 1.165) is 12.8 Å². The smallest absolute Gasteiger partial charge is 0.220 e. The Hall–Kier alpha value is -1.31. The van der Waals surface area contributed by atoms with Gasteiger partial charge in [-0.2, -0.15) is 0 Å². The molecule has 1 unspecified atom stereocenters. The van der Waals surface area contributed by atoms with Crippen LogP contribution in [0.3, 0.4) is 0 Å². The summed E-state index contributed by atoms with van der Waals surface area (Å²) in [6, 6.07) is 10.8. The Morgan fingerprint density at radius 2 is 2.00 bits per heavy atom. The second-order valence-corrected chi connectivity index (χ2v) is 5.20. The molecule has 16 heavy (non-hydrogen) atoms. The van der Waals surface area contributed by atoms with Crippen molar-refractivity contribution in [3.63, 3.8) is 0 Å². The fourth-order valence-corrected chi connectivity index (χ4v) is 3.11. The first-order chi connectivity index (χ1) is 7.78. The number of benzene rings is 1. The summed E-state index contributed by atoms with van der Waals surface area (Å²) in [6.07, 6.45) is 5.49. The lowest BCUT2D eigenvalue weighted by molar-refractivity contribution is -0.120. The van der Waals surface area contributed by atoms with Gasteiger partial charge in [-0.3, -0.25) is 4.79 Å². The Morgan fingerprint density at radius 3 is 2.62 bits per heavy atom. The second-order valence-electron chi connectivity index (χ2n) is 5.20. The fraction of sp³-hybridized carbons (Fsp3) is 0.500. The van der Waals surface area contributed by atoms with Crippen LogP contribution in [0.15, 0.2) is 30.3 Å². The molecule has 1 aromatic carbocycles. The van der Waals surface area contributed by atoms with E-state index in [1.165, 1.54) is 24.8 Å². The van der Waals surface area contributed by atoms with Crippen LogP contribution in [-0.4, -0.2) is 11.9 Å². The minimum absolute atomic E-state index is 0.251. The van der Waals surface area contributed by atoms with Crippen molar-refractivity contribution in [1.29, 1.82) is 0 Å². The zero-order chi connectivity index (χ0) is 11.0. The van der Waals surface area contributed by atoms with Crippen LogP contribution in [0.1, 0.15) is 31.2 Å². The predicted molar refractivity (Wildman–Crippen MR) is 63.0 cm³/mol. The van der Waals surface area contributed by atoms with Gasteiger partial charge >= 0.3 is 0 Å². The van der Waals surface area contributed by atoms with Gasteiger partial charge < -0.3 is 5.32 Å². The van der Waals surface area contributed by atoms with Gasteiger partial charge in [0.25, 0.3) is 0 Å². The van der Waals surface area contributed by atoms with Gasteiger partial charge in [0, 0.05) is 12.5 Å². The number of carbonyl (C=O) groups is 1. The van der Waals surface area contributed by atoms with Crippen LogP contribution < -0.4 is 5.32 Å². The summed E-state index contributed by atoms with van der Waals surface area (Å²) in [5.74, 6) is 0.251. The minimum Gasteiger partial charge on any atom is -0.352 e. The van der Waals surface area contributed by atoms with Crippen molar-refractivity contribution in [2.75, 3.05) is 0 Å². The molecule has 2 aliphatic rings. The highest BCUT2D eigenvalue weighted by Gasteiger charge is 2.50. The zero-order valence-corrected chi connectivity index (χ0v) is 9.41. The molecule has 1 saturated heterocycles. The third kappa shape index (κ3) is 1.53. The van der Waals surface area contributed by atoms with Gasteiger partial charge in [-0.25, -0.2) is 0 Å². The summed E-state index contributed by atoms with van der Waals surface area (Å²) in [6.45, 7) is 0. The molecule has 1 aromatic rings. The van der Waals surface area contributed by atoms with Crippen molar-refractivity contribution in [3.05, 3.63) is 35.9 Å². The molecule has 2 nitrogen and oxygen atoms in total. The largest absolute Gasteiger partial charge is 0.352 e. The average molecular weight is 215 g/mol. The Balaban J connectivity index is 1.77. The lowest BCUT2D eigenvalue weighted by atomic mass is 9.63. The minimum atomic E-state index is 0.251. The molecule has 0 radical (unpaired) electrons. The maximum atomic E-state index is 11.5. The van der Waals surface area contributed by atoms with Gasteiger partial charge in [-0.1, -0.05) is 36.8 Å². The molecular weight excluding hydrogens is 198 g/mol. The van der Waals surface area contributed by atoms with Gasteiger partial charge in [0.05, 0.1) is 0 Å². The fourth-order valence-electron chi connectivity index (χ4n) is 3.11. The van der Waals surface area contributed by atoms with Crippen LogP contribution >= 0.6 is 0 Å². The Morgan fingerprint density at radius 1 is 1.25 bits per heavy atom. The number of amides is 1. The van der Waals surface area contributed by atoms with E-state index in [2.05, 4.69) is 29.6 Å². The summed E-state index contributed by atoms with van der Waals surface area (Å²) in [4.78, 5) is 11.5. The maximum Gasteiger partial charge on any atom is 0.220 e. The highest BCUT2D eigenvalue weighted by molar-refractivity contribution is 5.80. The molecule has 1 saturated carbocycles. The molecule has 0 aromatic heterocycles. The summed E-state index contributed by atoms with van der Waals surface area (Å²) >= 11 is 0. The SMILES string of the molecule is O=C1CC2(CCC2)C(Cc2ccccc2)N1. The molecule has 3 rings (SSSR count). The molecule has 0 bridgehead atoms. The van der Waals surface area contributed by atoms with E-state index in [4.69, 9.17) is 0 Å². The van der Waals surface area contributed by atoms with Crippen molar-refractivity contribution in [3.8, 4) is 0 Å². The van der Waals surface area contributed by atoms with Gasteiger partial charge in [0.1, 0.15) is 0 Å². The Labute approximate surface area is 96.1 Å². The summed E-state index contributed by atoms with van der Waals surface area (Å²) < 4.78 is 0. The second kappa shape index (κ2) is 3.62. The first-order valence-corrected chi connectivity index (χ1v) is 6.12. The van der Waals surface area contributed by atoms with Crippen LogP contribution in [0.5, 0.6) is 0 Å². The molecule has 2 fully saturated rings. The number of hydrogen-bond acceptors (Lipinski definition) is 1. The molecule has 1 aliphatic carbocycles. The monoisotopic (exact) mass is 215 g/mol.